The van der Waals surface area contributed by atoms with Gasteiger partial charge in [0, 0.05) is 12.1 Å². The van der Waals surface area contributed by atoms with Gasteiger partial charge in [-0.2, -0.15) is 0 Å². The number of phenolic OH excluding ortho intramolecular Hbond substituents is 1. The van der Waals surface area contributed by atoms with Gasteiger partial charge in [0.1, 0.15) is 5.75 Å². The Hall–Kier alpha value is -1.02. The fraction of sp³-hybridized carbons (Fsp3) is 0.600. The van der Waals surface area contributed by atoms with Crippen LogP contribution < -0.4 is 5.32 Å². The standard InChI is InChI=1S/C15H25NO/c1-4-8-15(16-13(5-2)6-3)12-9-7-10-14(17)11-12/h7,9-11,13,15-17H,4-6,8H2,1-3H3. The highest BCUT2D eigenvalue weighted by molar-refractivity contribution is 5.29. The molecule has 2 N–H and O–H groups in total. The Morgan fingerprint density at radius 1 is 1.18 bits per heavy atom. The van der Waals surface area contributed by atoms with Crippen LogP contribution in [-0.4, -0.2) is 11.1 Å². The van der Waals surface area contributed by atoms with E-state index < -0.39 is 0 Å². The molecule has 0 heterocycles. The van der Waals surface area contributed by atoms with E-state index in [1.807, 2.05) is 12.1 Å². The minimum absolute atomic E-state index is 0.356. The summed E-state index contributed by atoms with van der Waals surface area (Å²) in [5.41, 5.74) is 1.19. The summed E-state index contributed by atoms with van der Waals surface area (Å²) >= 11 is 0. The lowest BCUT2D eigenvalue weighted by molar-refractivity contribution is 0.394. The first-order valence-electron chi connectivity index (χ1n) is 6.76. The van der Waals surface area contributed by atoms with Crippen molar-refractivity contribution in [1.82, 2.24) is 5.32 Å². The molecule has 1 aromatic rings. The van der Waals surface area contributed by atoms with Crippen molar-refractivity contribution in [3.63, 3.8) is 0 Å². The van der Waals surface area contributed by atoms with E-state index in [4.69, 9.17) is 0 Å². The molecule has 1 aromatic carbocycles. The number of phenols is 1. The number of hydrogen-bond donors (Lipinski definition) is 2. The lowest BCUT2D eigenvalue weighted by atomic mass is 10.00. The minimum Gasteiger partial charge on any atom is -0.508 e. The van der Waals surface area contributed by atoms with Gasteiger partial charge < -0.3 is 10.4 Å². The quantitative estimate of drug-likeness (QED) is 0.748. The van der Waals surface area contributed by atoms with E-state index in [0.29, 0.717) is 17.8 Å². The lowest BCUT2D eigenvalue weighted by Crippen LogP contribution is -2.31. The molecule has 0 saturated carbocycles. The average molecular weight is 235 g/mol. The molecule has 0 fully saturated rings. The third-order valence-corrected chi connectivity index (χ3v) is 3.27. The first-order chi connectivity index (χ1) is 8.21. The largest absolute Gasteiger partial charge is 0.508 e. The van der Waals surface area contributed by atoms with Gasteiger partial charge in [0.15, 0.2) is 0 Å². The zero-order chi connectivity index (χ0) is 12.7. The Morgan fingerprint density at radius 2 is 1.88 bits per heavy atom. The van der Waals surface area contributed by atoms with Crippen LogP contribution in [-0.2, 0) is 0 Å². The van der Waals surface area contributed by atoms with Gasteiger partial charge >= 0.3 is 0 Å². The number of aromatic hydroxyl groups is 1. The van der Waals surface area contributed by atoms with Crippen LogP contribution in [0.5, 0.6) is 5.75 Å². The maximum absolute atomic E-state index is 9.55. The molecule has 0 saturated heterocycles. The van der Waals surface area contributed by atoms with Gasteiger partial charge in [0.2, 0.25) is 0 Å². The Bertz CT molecular complexity index is 320. The van der Waals surface area contributed by atoms with Crippen LogP contribution in [0.25, 0.3) is 0 Å². The monoisotopic (exact) mass is 235 g/mol. The number of rotatable bonds is 7. The SMILES string of the molecule is CCCC(NC(CC)CC)c1cccc(O)c1. The summed E-state index contributed by atoms with van der Waals surface area (Å²) < 4.78 is 0. The van der Waals surface area contributed by atoms with Gasteiger partial charge in [0.05, 0.1) is 0 Å². The predicted octanol–water partition coefficient (Wildman–Crippen LogP) is 4.01. The molecule has 0 bridgehead atoms. The predicted molar refractivity (Wildman–Crippen MR) is 73.3 cm³/mol. The van der Waals surface area contributed by atoms with E-state index in [0.717, 1.165) is 25.7 Å². The summed E-state index contributed by atoms with van der Waals surface area (Å²) in [6.45, 7) is 6.63. The zero-order valence-electron chi connectivity index (χ0n) is 11.2. The Morgan fingerprint density at radius 3 is 2.41 bits per heavy atom. The van der Waals surface area contributed by atoms with Gasteiger partial charge in [-0.15, -0.1) is 0 Å². The van der Waals surface area contributed by atoms with Gasteiger partial charge in [-0.05, 0) is 37.0 Å². The van der Waals surface area contributed by atoms with Crippen LogP contribution in [0.3, 0.4) is 0 Å². The smallest absolute Gasteiger partial charge is 0.115 e. The molecule has 1 unspecified atom stereocenters. The van der Waals surface area contributed by atoms with Crippen molar-refractivity contribution in [1.29, 1.82) is 0 Å². The van der Waals surface area contributed by atoms with Crippen molar-refractivity contribution < 1.29 is 5.11 Å². The van der Waals surface area contributed by atoms with Crippen LogP contribution in [0.1, 0.15) is 58.1 Å². The van der Waals surface area contributed by atoms with Crippen molar-refractivity contribution in [3.8, 4) is 5.75 Å². The molecule has 17 heavy (non-hydrogen) atoms. The molecular weight excluding hydrogens is 210 g/mol. The van der Waals surface area contributed by atoms with E-state index in [2.05, 4.69) is 32.2 Å². The summed E-state index contributed by atoms with van der Waals surface area (Å²) in [6, 6.07) is 8.53. The maximum Gasteiger partial charge on any atom is 0.115 e. The van der Waals surface area contributed by atoms with Crippen LogP contribution in [0.4, 0.5) is 0 Å². The zero-order valence-corrected chi connectivity index (χ0v) is 11.2. The van der Waals surface area contributed by atoms with Crippen molar-refractivity contribution in [2.45, 2.75) is 58.5 Å². The Labute approximate surface area is 105 Å². The van der Waals surface area contributed by atoms with Crippen molar-refractivity contribution in [2.24, 2.45) is 0 Å². The van der Waals surface area contributed by atoms with Crippen LogP contribution in [0, 0.1) is 0 Å². The van der Waals surface area contributed by atoms with Crippen LogP contribution in [0.2, 0.25) is 0 Å². The first kappa shape index (κ1) is 14.0. The normalized spacial score (nSPS) is 12.9. The van der Waals surface area contributed by atoms with Gasteiger partial charge in [-0.25, -0.2) is 0 Å². The molecule has 96 valence electrons. The second kappa shape index (κ2) is 7.33. The van der Waals surface area contributed by atoms with E-state index in [1.54, 1.807) is 6.07 Å². The molecule has 2 heteroatoms. The molecule has 1 atom stereocenters. The number of benzene rings is 1. The summed E-state index contributed by atoms with van der Waals surface area (Å²) in [7, 11) is 0. The summed E-state index contributed by atoms with van der Waals surface area (Å²) in [4.78, 5) is 0. The second-order valence-corrected chi connectivity index (χ2v) is 4.62. The average Bonchev–Trinajstić information content (AvgIpc) is 2.34. The van der Waals surface area contributed by atoms with Crippen LogP contribution >= 0.6 is 0 Å². The summed E-state index contributed by atoms with van der Waals surface area (Å²) in [6.07, 6.45) is 4.55. The fourth-order valence-corrected chi connectivity index (χ4v) is 2.19. The third-order valence-electron chi connectivity index (χ3n) is 3.27. The van der Waals surface area contributed by atoms with Gasteiger partial charge in [-0.3, -0.25) is 0 Å². The highest BCUT2D eigenvalue weighted by Crippen LogP contribution is 2.23. The third kappa shape index (κ3) is 4.39. The maximum atomic E-state index is 9.55. The molecule has 0 aliphatic carbocycles. The highest BCUT2D eigenvalue weighted by atomic mass is 16.3. The number of nitrogens with one attached hydrogen (secondary N) is 1. The van der Waals surface area contributed by atoms with Crippen LogP contribution in [0.15, 0.2) is 24.3 Å². The lowest BCUT2D eigenvalue weighted by Gasteiger charge is -2.24. The van der Waals surface area contributed by atoms with E-state index in [-0.39, 0.29) is 0 Å². The molecule has 0 aliphatic heterocycles. The van der Waals surface area contributed by atoms with E-state index >= 15 is 0 Å². The first-order valence-corrected chi connectivity index (χ1v) is 6.76. The molecular formula is C15H25NO. The van der Waals surface area contributed by atoms with Crippen molar-refractivity contribution >= 4 is 0 Å². The number of hydrogen-bond acceptors (Lipinski definition) is 2. The second-order valence-electron chi connectivity index (χ2n) is 4.62. The van der Waals surface area contributed by atoms with Crippen molar-refractivity contribution in [3.05, 3.63) is 29.8 Å². The molecule has 0 aliphatic rings. The molecule has 0 radical (unpaired) electrons. The Balaban J connectivity index is 2.77. The van der Waals surface area contributed by atoms with E-state index in [1.165, 1.54) is 5.56 Å². The van der Waals surface area contributed by atoms with Gasteiger partial charge in [0.25, 0.3) is 0 Å². The highest BCUT2D eigenvalue weighted by Gasteiger charge is 2.14. The molecule has 2 nitrogen and oxygen atoms in total. The summed E-state index contributed by atoms with van der Waals surface area (Å²) in [5, 5.41) is 13.2. The topological polar surface area (TPSA) is 32.3 Å². The molecule has 1 rings (SSSR count). The van der Waals surface area contributed by atoms with Crippen molar-refractivity contribution in [2.75, 3.05) is 0 Å². The Kier molecular flexibility index (Phi) is 6.06. The summed E-state index contributed by atoms with van der Waals surface area (Å²) in [5.74, 6) is 0.356. The van der Waals surface area contributed by atoms with Gasteiger partial charge in [-0.1, -0.05) is 39.3 Å². The molecule has 0 amide bonds. The molecule has 0 spiro atoms. The minimum atomic E-state index is 0.356. The fourth-order valence-electron chi connectivity index (χ4n) is 2.19. The molecule has 0 aromatic heterocycles. The van der Waals surface area contributed by atoms with E-state index in [9.17, 15) is 5.11 Å².